The molecule has 0 aliphatic carbocycles. The average Bonchev–Trinajstić information content (AvgIpc) is 2.67. The zero-order valence-corrected chi connectivity index (χ0v) is 19.6. The molecule has 0 aromatic heterocycles. The van der Waals surface area contributed by atoms with Gasteiger partial charge in [-0.3, -0.25) is 0 Å². The Morgan fingerprint density at radius 3 is 2.11 bits per heavy atom. The second-order valence-corrected chi connectivity index (χ2v) is 9.90. The Hall–Kier alpha value is -1.02. The standard InChI is InChI=1S/C21H22NOP.2ClH.Ti/c1-15-9-8-14-19(20(15)23)24-21-16(2)10-7-13-18(21)22(3)17-11-5-4-6-12-17;;;/h4-14,23-24H,1-3H3;2*1H;/q;;;+2/p-2. The number of nitrogens with zero attached hydrogens (tertiary/aromatic N) is 1. The number of hydrogen-bond donors (Lipinski definition) is 1. The van der Waals surface area contributed by atoms with Crippen LogP contribution >= 0.6 is 27.2 Å². The molecule has 3 aromatic carbocycles. The van der Waals surface area contributed by atoms with Gasteiger partial charge in [0.15, 0.2) is 0 Å². The molecule has 0 fully saturated rings. The minimum absolute atomic E-state index is 0.410. The number of phenols is 1. The number of aromatic hydroxyl groups is 1. The van der Waals surface area contributed by atoms with E-state index < -0.39 is 17.0 Å². The van der Waals surface area contributed by atoms with E-state index in [-0.39, 0.29) is 0 Å². The number of benzene rings is 3. The van der Waals surface area contributed by atoms with Crippen LogP contribution < -0.4 is 15.5 Å². The molecule has 0 amide bonds. The first kappa shape index (κ1) is 22.3. The second kappa shape index (κ2) is 11.1. The van der Waals surface area contributed by atoms with E-state index in [1.165, 1.54) is 16.6 Å². The van der Waals surface area contributed by atoms with Crippen LogP contribution in [0.5, 0.6) is 5.75 Å². The predicted molar refractivity (Wildman–Crippen MR) is 118 cm³/mol. The molecule has 1 atom stereocenters. The fourth-order valence-corrected chi connectivity index (χ4v) is 4.20. The van der Waals surface area contributed by atoms with Crippen molar-refractivity contribution in [2.75, 3.05) is 11.9 Å². The molecule has 0 aliphatic rings. The molecule has 0 aliphatic heterocycles. The molecule has 27 heavy (non-hydrogen) atoms. The van der Waals surface area contributed by atoms with Crippen molar-refractivity contribution in [3.8, 4) is 5.75 Å². The van der Waals surface area contributed by atoms with Crippen molar-refractivity contribution in [3.63, 3.8) is 0 Å². The Morgan fingerprint density at radius 1 is 0.852 bits per heavy atom. The maximum absolute atomic E-state index is 10.4. The first-order valence-corrected chi connectivity index (χ1v) is 13.7. The summed E-state index contributed by atoms with van der Waals surface area (Å²) in [5, 5.41) is 12.7. The second-order valence-electron chi connectivity index (χ2n) is 6.03. The van der Waals surface area contributed by atoms with E-state index in [0.29, 0.717) is 14.3 Å². The molecule has 0 radical (unpaired) electrons. The van der Waals surface area contributed by atoms with E-state index in [0.717, 1.165) is 16.6 Å². The molecule has 0 spiro atoms. The zero-order chi connectivity index (χ0) is 19.8. The van der Waals surface area contributed by atoms with Crippen LogP contribution in [-0.4, -0.2) is 12.2 Å². The maximum atomic E-state index is 10.4. The molecule has 0 heterocycles. The van der Waals surface area contributed by atoms with Crippen LogP contribution in [0.4, 0.5) is 11.4 Å². The fraction of sp³-hybridized carbons (Fsp3) is 0.143. The van der Waals surface area contributed by atoms with E-state index in [2.05, 4.69) is 61.3 Å². The van der Waals surface area contributed by atoms with Crippen LogP contribution in [0.25, 0.3) is 0 Å². The number of para-hydroxylation sites is 2. The van der Waals surface area contributed by atoms with Crippen molar-refractivity contribution in [2.24, 2.45) is 0 Å². The molecular formula is C21H22Cl2NOPTi. The molecule has 0 saturated carbocycles. The number of rotatable bonds is 4. The summed E-state index contributed by atoms with van der Waals surface area (Å²) in [5.41, 5.74) is 4.50. The molecule has 1 unspecified atom stereocenters. The van der Waals surface area contributed by atoms with Gasteiger partial charge in [-0.1, -0.05) is 57.1 Å². The summed E-state index contributed by atoms with van der Waals surface area (Å²) in [6.45, 7) is 4.08. The molecular weight excluding hydrogens is 432 g/mol. The van der Waals surface area contributed by atoms with E-state index in [1.54, 1.807) is 0 Å². The number of halogens is 2. The molecule has 2 nitrogen and oxygen atoms in total. The molecule has 3 aromatic rings. The van der Waals surface area contributed by atoms with Gasteiger partial charge in [0, 0.05) is 29.0 Å². The van der Waals surface area contributed by atoms with Crippen molar-refractivity contribution < 1.29 is 22.1 Å². The topological polar surface area (TPSA) is 23.5 Å². The average molecular weight is 454 g/mol. The van der Waals surface area contributed by atoms with Crippen LogP contribution in [0.2, 0.25) is 0 Å². The minimum atomic E-state index is -0.556. The summed E-state index contributed by atoms with van der Waals surface area (Å²) < 4.78 is 0. The summed E-state index contributed by atoms with van der Waals surface area (Å²) in [7, 11) is 12.3. The molecule has 140 valence electrons. The first-order chi connectivity index (χ1) is 13.0. The summed E-state index contributed by atoms with van der Waals surface area (Å²) in [6.07, 6.45) is 0. The predicted octanol–water partition coefficient (Wildman–Crippen LogP) is 5.78. The normalized spacial score (nSPS) is 10.4. The molecule has 0 bridgehead atoms. The van der Waals surface area contributed by atoms with Gasteiger partial charge in [0.25, 0.3) is 0 Å². The number of aryl methyl sites for hydroxylation is 2. The Bertz CT molecular complexity index is 877. The zero-order valence-electron chi connectivity index (χ0n) is 15.5. The van der Waals surface area contributed by atoms with E-state index in [9.17, 15) is 5.11 Å². The van der Waals surface area contributed by atoms with Crippen LogP contribution in [0.1, 0.15) is 11.1 Å². The van der Waals surface area contributed by atoms with Gasteiger partial charge in [0.05, 0.1) is 0 Å². The molecule has 1 N–H and O–H groups in total. The van der Waals surface area contributed by atoms with Gasteiger partial charge in [0.1, 0.15) is 5.75 Å². The van der Waals surface area contributed by atoms with Gasteiger partial charge in [-0.05, 0) is 43.2 Å². The van der Waals surface area contributed by atoms with E-state index in [4.69, 9.17) is 18.6 Å². The van der Waals surface area contributed by atoms with Crippen molar-refractivity contribution in [1.82, 2.24) is 0 Å². The Balaban J connectivity index is 0.000000817. The number of anilines is 2. The third kappa shape index (κ3) is 5.98. The number of phenolic OH excluding ortho intramolecular Hbond substituents is 1. The summed E-state index contributed by atoms with van der Waals surface area (Å²) in [5.74, 6) is 0.410. The van der Waals surface area contributed by atoms with Crippen molar-refractivity contribution in [3.05, 3.63) is 77.9 Å². The van der Waals surface area contributed by atoms with Crippen molar-refractivity contribution >= 4 is 49.2 Å². The first-order valence-electron chi connectivity index (χ1n) is 8.39. The monoisotopic (exact) mass is 453 g/mol. The fourth-order valence-electron chi connectivity index (χ4n) is 2.78. The Labute approximate surface area is 180 Å². The SMILES string of the molecule is Cc1cccc(Pc2c(C)cccc2N(C)c2ccccc2)c1O.[Cl][Ti][Cl]. The molecule has 3 rings (SSSR count). The van der Waals surface area contributed by atoms with Gasteiger partial charge in [-0.15, -0.1) is 0 Å². The van der Waals surface area contributed by atoms with Gasteiger partial charge in [-0.2, -0.15) is 0 Å². The van der Waals surface area contributed by atoms with Gasteiger partial charge < -0.3 is 10.0 Å². The van der Waals surface area contributed by atoms with Gasteiger partial charge >= 0.3 is 35.6 Å². The van der Waals surface area contributed by atoms with Gasteiger partial charge in [0.2, 0.25) is 0 Å². The van der Waals surface area contributed by atoms with Crippen LogP contribution in [-0.2, 0) is 17.0 Å². The molecule has 0 saturated heterocycles. The summed E-state index contributed by atoms with van der Waals surface area (Å²) in [4.78, 5) is 2.21. The van der Waals surface area contributed by atoms with Crippen molar-refractivity contribution in [2.45, 2.75) is 13.8 Å². The Kier molecular flexibility index (Phi) is 9.16. The summed E-state index contributed by atoms with van der Waals surface area (Å²) >= 11 is -0.556. The molecule has 6 heteroatoms. The van der Waals surface area contributed by atoms with Crippen LogP contribution in [0, 0.1) is 13.8 Å². The van der Waals surface area contributed by atoms with E-state index >= 15 is 0 Å². The van der Waals surface area contributed by atoms with Crippen LogP contribution in [0.15, 0.2) is 66.7 Å². The summed E-state index contributed by atoms with van der Waals surface area (Å²) in [6, 6.07) is 22.7. The Morgan fingerprint density at radius 2 is 1.44 bits per heavy atom. The van der Waals surface area contributed by atoms with E-state index in [1.807, 2.05) is 31.2 Å². The van der Waals surface area contributed by atoms with Gasteiger partial charge in [-0.25, -0.2) is 0 Å². The quantitative estimate of drug-likeness (QED) is 0.399. The van der Waals surface area contributed by atoms with Crippen molar-refractivity contribution in [1.29, 1.82) is 0 Å². The number of hydrogen-bond acceptors (Lipinski definition) is 2. The third-order valence-corrected chi connectivity index (χ3v) is 5.83. The third-order valence-electron chi connectivity index (χ3n) is 4.25. The van der Waals surface area contributed by atoms with Crippen LogP contribution in [0.3, 0.4) is 0 Å².